The van der Waals surface area contributed by atoms with Gasteiger partial charge in [-0.05, 0) is 49.2 Å². The van der Waals surface area contributed by atoms with Crippen LogP contribution in [0.2, 0.25) is 0 Å². The second-order valence-corrected chi connectivity index (χ2v) is 7.93. The van der Waals surface area contributed by atoms with Gasteiger partial charge in [-0.1, -0.05) is 36.4 Å². The van der Waals surface area contributed by atoms with Crippen LogP contribution in [0.5, 0.6) is 0 Å². The zero-order chi connectivity index (χ0) is 23.2. The lowest BCUT2D eigenvalue weighted by molar-refractivity contribution is -0.383. The van der Waals surface area contributed by atoms with Crippen molar-refractivity contribution in [2.75, 3.05) is 23.7 Å². The number of nitro groups is 1. The molecule has 4 rings (SSSR count). The quantitative estimate of drug-likeness (QED) is 0.419. The van der Waals surface area contributed by atoms with Crippen molar-refractivity contribution < 1.29 is 14.5 Å². The van der Waals surface area contributed by atoms with E-state index in [9.17, 15) is 19.7 Å². The first-order valence-electron chi connectivity index (χ1n) is 10.8. The van der Waals surface area contributed by atoms with Crippen LogP contribution in [-0.4, -0.2) is 34.7 Å². The number of piperidine rings is 1. The molecule has 0 radical (unpaired) electrons. The lowest BCUT2D eigenvalue weighted by atomic mass is 9.96. The Balaban J connectivity index is 1.48. The number of anilines is 3. The zero-order valence-electron chi connectivity index (χ0n) is 17.9. The SMILES string of the molecule is O=C(Nc1ccccc1)C1CCCN(C(=O)c2ccc(Nc3ccccc3)c([N+](=O)[O-])c2)C1. The van der Waals surface area contributed by atoms with Gasteiger partial charge in [0.05, 0.1) is 10.8 Å². The first kappa shape index (κ1) is 22.0. The van der Waals surface area contributed by atoms with Gasteiger partial charge in [0.1, 0.15) is 5.69 Å². The second kappa shape index (κ2) is 9.95. The van der Waals surface area contributed by atoms with E-state index in [0.717, 1.165) is 0 Å². The van der Waals surface area contributed by atoms with E-state index < -0.39 is 4.92 Å². The first-order valence-corrected chi connectivity index (χ1v) is 10.8. The number of hydrogen-bond acceptors (Lipinski definition) is 5. The molecule has 3 aromatic carbocycles. The number of hydrogen-bond donors (Lipinski definition) is 2. The van der Waals surface area contributed by atoms with Crippen LogP contribution in [0.1, 0.15) is 23.2 Å². The molecule has 1 heterocycles. The third-order valence-corrected chi connectivity index (χ3v) is 5.61. The van der Waals surface area contributed by atoms with E-state index >= 15 is 0 Å². The third-order valence-electron chi connectivity index (χ3n) is 5.61. The fourth-order valence-corrected chi connectivity index (χ4v) is 3.92. The maximum atomic E-state index is 13.1. The van der Waals surface area contributed by atoms with E-state index in [-0.39, 0.29) is 35.5 Å². The molecular weight excluding hydrogens is 420 g/mol. The highest BCUT2D eigenvalue weighted by Crippen LogP contribution is 2.30. The summed E-state index contributed by atoms with van der Waals surface area (Å²) in [6.45, 7) is 0.779. The van der Waals surface area contributed by atoms with Gasteiger partial charge >= 0.3 is 0 Å². The summed E-state index contributed by atoms with van der Waals surface area (Å²) in [5.74, 6) is -0.787. The number of nitro benzene ring substituents is 1. The van der Waals surface area contributed by atoms with Gasteiger partial charge in [-0.2, -0.15) is 0 Å². The molecule has 0 spiro atoms. The topological polar surface area (TPSA) is 105 Å². The van der Waals surface area contributed by atoms with Crippen LogP contribution >= 0.6 is 0 Å². The molecule has 0 bridgehead atoms. The van der Waals surface area contributed by atoms with Crippen LogP contribution in [0.4, 0.5) is 22.7 Å². The van der Waals surface area contributed by atoms with E-state index in [1.165, 1.54) is 6.07 Å². The fraction of sp³-hybridized carbons (Fsp3) is 0.200. The smallest absolute Gasteiger partial charge is 0.293 e. The van der Waals surface area contributed by atoms with E-state index in [4.69, 9.17) is 0 Å². The Hall–Kier alpha value is -4.20. The van der Waals surface area contributed by atoms with E-state index in [0.29, 0.717) is 36.4 Å². The minimum absolute atomic E-state index is 0.132. The maximum absolute atomic E-state index is 13.1. The summed E-state index contributed by atoms with van der Waals surface area (Å²) in [4.78, 5) is 38.6. The monoisotopic (exact) mass is 444 g/mol. The van der Waals surface area contributed by atoms with Gasteiger partial charge in [0.2, 0.25) is 5.91 Å². The lowest BCUT2D eigenvalue weighted by Crippen LogP contribution is -2.43. The molecule has 8 nitrogen and oxygen atoms in total. The molecule has 2 amide bonds. The van der Waals surface area contributed by atoms with Crippen molar-refractivity contribution >= 4 is 34.6 Å². The minimum Gasteiger partial charge on any atom is -0.350 e. The van der Waals surface area contributed by atoms with Crippen molar-refractivity contribution in [3.05, 3.63) is 94.5 Å². The summed E-state index contributed by atoms with van der Waals surface area (Å²) in [5.41, 5.74) is 1.78. The molecule has 1 aliphatic rings. The standard InChI is InChI=1S/C25H24N4O4/c30-24(27-21-11-5-2-6-12-21)19-8-7-15-28(17-19)25(31)18-13-14-22(23(16-18)29(32)33)26-20-9-3-1-4-10-20/h1-6,9-14,16,19,26H,7-8,15,17H2,(H,27,30). The normalized spacial score (nSPS) is 15.5. The molecule has 0 saturated carbocycles. The number of amides is 2. The van der Waals surface area contributed by atoms with Crippen LogP contribution in [0.3, 0.4) is 0 Å². The highest BCUT2D eigenvalue weighted by molar-refractivity contribution is 5.97. The Morgan fingerprint density at radius 1 is 0.939 bits per heavy atom. The van der Waals surface area contributed by atoms with Gasteiger partial charge in [0, 0.05) is 36.1 Å². The second-order valence-electron chi connectivity index (χ2n) is 7.93. The number of nitrogens with one attached hydrogen (secondary N) is 2. The van der Waals surface area contributed by atoms with Gasteiger partial charge in [-0.3, -0.25) is 19.7 Å². The first-order chi connectivity index (χ1) is 16.0. The molecule has 8 heteroatoms. The largest absolute Gasteiger partial charge is 0.350 e. The molecular formula is C25H24N4O4. The van der Waals surface area contributed by atoms with Crippen molar-refractivity contribution in [2.45, 2.75) is 12.8 Å². The Labute approximate surface area is 191 Å². The predicted molar refractivity (Wildman–Crippen MR) is 127 cm³/mol. The van der Waals surface area contributed by atoms with Crippen molar-refractivity contribution in [3.63, 3.8) is 0 Å². The third kappa shape index (κ3) is 5.35. The van der Waals surface area contributed by atoms with E-state index in [2.05, 4.69) is 10.6 Å². The summed E-state index contributed by atoms with van der Waals surface area (Å²) in [7, 11) is 0. The van der Waals surface area contributed by atoms with Crippen molar-refractivity contribution in [3.8, 4) is 0 Å². The molecule has 1 atom stereocenters. The number of para-hydroxylation sites is 2. The highest BCUT2D eigenvalue weighted by atomic mass is 16.6. The van der Waals surface area contributed by atoms with Crippen LogP contribution in [0.25, 0.3) is 0 Å². The number of carbonyl (C=O) groups excluding carboxylic acids is 2. The van der Waals surface area contributed by atoms with Crippen molar-refractivity contribution in [1.29, 1.82) is 0 Å². The van der Waals surface area contributed by atoms with Crippen molar-refractivity contribution in [1.82, 2.24) is 4.90 Å². The van der Waals surface area contributed by atoms with Crippen LogP contribution in [0, 0.1) is 16.0 Å². The number of rotatable bonds is 6. The molecule has 3 aromatic rings. The number of likely N-dealkylation sites (tertiary alicyclic amines) is 1. The van der Waals surface area contributed by atoms with Gasteiger partial charge in [-0.25, -0.2) is 0 Å². The fourth-order valence-electron chi connectivity index (χ4n) is 3.92. The van der Waals surface area contributed by atoms with E-state index in [1.807, 2.05) is 48.5 Å². The average molecular weight is 444 g/mol. The Morgan fingerprint density at radius 2 is 1.61 bits per heavy atom. The Morgan fingerprint density at radius 3 is 2.27 bits per heavy atom. The molecule has 0 aromatic heterocycles. The van der Waals surface area contributed by atoms with E-state index in [1.54, 1.807) is 29.2 Å². The molecule has 2 N–H and O–H groups in total. The van der Waals surface area contributed by atoms with Gasteiger partial charge in [0.25, 0.3) is 11.6 Å². The average Bonchev–Trinajstić information content (AvgIpc) is 2.85. The number of carbonyl (C=O) groups is 2. The molecule has 168 valence electrons. The Bertz CT molecular complexity index is 1150. The van der Waals surface area contributed by atoms with Crippen LogP contribution in [0.15, 0.2) is 78.9 Å². The minimum atomic E-state index is -0.506. The molecule has 1 saturated heterocycles. The summed E-state index contributed by atoms with van der Waals surface area (Å²) in [6.07, 6.45) is 1.37. The summed E-state index contributed by atoms with van der Waals surface area (Å²) in [6, 6.07) is 22.7. The molecule has 1 unspecified atom stereocenters. The number of benzene rings is 3. The summed E-state index contributed by atoms with van der Waals surface area (Å²) >= 11 is 0. The van der Waals surface area contributed by atoms with Gasteiger partial charge < -0.3 is 15.5 Å². The summed E-state index contributed by atoms with van der Waals surface area (Å²) < 4.78 is 0. The number of nitrogens with zero attached hydrogens (tertiary/aromatic N) is 2. The molecule has 33 heavy (non-hydrogen) atoms. The molecule has 1 fully saturated rings. The summed E-state index contributed by atoms with van der Waals surface area (Å²) in [5, 5.41) is 17.6. The van der Waals surface area contributed by atoms with Gasteiger partial charge in [0.15, 0.2) is 0 Å². The van der Waals surface area contributed by atoms with Gasteiger partial charge in [-0.15, -0.1) is 0 Å². The van der Waals surface area contributed by atoms with Crippen LogP contribution < -0.4 is 10.6 Å². The molecule has 1 aliphatic heterocycles. The highest BCUT2D eigenvalue weighted by Gasteiger charge is 2.30. The Kier molecular flexibility index (Phi) is 6.64. The maximum Gasteiger partial charge on any atom is 0.293 e. The molecule has 0 aliphatic carbocycles. The lowest BCUT2D eigenvalue weighted by Gasteiger charge is -2.32. The van der Waals surface area contributed by atoms with Crippen LogP contribution in [-0.2, 0) is 4.79 Å². The zero-order valence-corrected chi connectivity index (χ0v) is 17.9. The predicted octanol–water partition coefficient (Wildman–Crippen LogP) is 4.83. The van der Waals surface area contributed by atoms with Crippen molar-refractivity contribution in [2.24, 2.45) is 5.92 Å².